The lowest BCUT2D eigenvalue weighted by molar-refractivity contribution is 0.581. The van der Waals surface area contributed by atoms with Crippen LogP contribution in [-0.4, -0.2) is 24.9 Å². The number of fused-ring (bicyclic) bond motifs is 1. The molecule has 0 fully saturated rings. The van der Waals surface area contributed by atoms with Crippen LogP contribution in [0.15, 0.2) is 46.1 Å². The van der Waals surface area contributed by atoms with Gasteiger partial charge in [0.15, 0.2) is 0 Å². The minimum absolute atomic E-state index is 0.130. The van der Waals surface area contributed by atoms with Crippen LogP contribution in [0.4, 0.5) is 0 Å². The fourth-order valence-corrected chi connectivity index (χ4v) is 3.77. The van der Waals surface area contributed by atoms with Gasteiger partial charge in [-0.25, -0.2) is 17.9 Å². The summed E-state index contributed by atoms with van der Waals surface area (Å²) in [5, 5.41) is 0. The number of H-pyrrole nitrogens is 2. The van der Waals surface area contributed by atoms with E-state index in [2.05, 4.69) is 20.8 Å². The van der Waals surface area contributed by atoms with Crippen LogP contribution in [0, 0.1) is 13.8 Å². The van der Waals surface area contributed by atoms with Gasteiger partial charge in [0, 0.05) is 6.54 Å². The minimum atomic E-state index is -3.62. The Morgan fingerprint density at radius 1 is 1.00 bits per heavy atom. The zero-order valence-corrected chi connectivity index (χ0v) is 14.3. The van der Waals surface area contributed by atoms with Gasteiger partial charge in [-0.15, -0.1) is 0 Å². The first kappa shape index (κ1) is 16.5. The van der Waals surface area contributed by atoms with Crippen LogP contribution in [0.2, 0.25) is 0 Å². The number of imidazole rings is 1. The van der Waals surface area contributed by atoms with E-state index in [1.807, 2.05) is 26.0 Å². The van der Waals surface area contributed by atoms with E-state index < -0.39 is 10.0 Å². The molecule has 0 radical (unpaired) electrons. The molecule has 0 aliphatic carbocycles. The fraction of sp³-hybridized carbons (Fsp3) is 0.235. The molecular formula is C17H19N3O3S. The highest BCUT2D eigenvalue weighted by molar-refractivity contribution is 7.89. The predicted octanol–water partition coefficient (Wildman–Crippen LogP) is 1.99. The van der Waals surface area contributed by atoms with Crippen molar-refractivity contribution >= 4 is 21.1 Å². The second-order valence-corrected chi connectivity index (χ2v) is 7.63. The van der Waals surface area contributed by atoms with Gasteiger partial charge in [0.25, 0.3) is 0 Å². The lowest BCUT2D eigenvalue weighted by atomic mass is 10.0. The summed E-state index contributed by atoms with van der Waals surface area (Å²) in [4.78, 5) is 16.5. The third-order valence-corrected chi connectivity index (χ3v) is 5.44. The van der Waals surface area contributed by atoms with Crippen molar-refractivity contribution in [1.29, 1.82) is 0 Å². The molecule has 0 spiro atoms. The Labute approximate surface area is 140 Å². The summed E-state index contributed by atoms with van der Waals surface area (Å²) in [6.07, 6.45) is 0.620. The van der Waals surface area contributed by atoms with Gasteiger partial charge in [0.1, 0.15) is 0 Å². The van der Waals surface area contributed by atoms with Crippen molar-refractivity contribution in [2.75, 3.05) is 6.54 Å². The molecule has 0 amide bonds. The smallest absolute Gasteiger partial charge is 0.306 e. The standard InChI is InChI=1S/C17H19N3O3S/c1-11-3-4-13(12(2)9-11)7-8-18-24(22,23)14-5-6-15-16(10-14)20-17(21)19-15/h3-6,9-10,18H,7-8H2,1-2H3,(H2,19,20,21). The Kier molecular flexibility index (Phi) is 4.29. The van der Waals surface area contributed by atoms with Gasteiger partial charge < -0.3 is 9.97 Å². The van der Waals surface area contributed by atoms with Gasteiger partial charge in [-0.1, -0.05) is 23.8 Å². The molecule has 126 valence electrons. The number of hydrogen-bond donors (Lipinski definition) is 3. The molecule has 3 aromatic rings. The maximum Gasteiger partial charge on any atom is 0.323 e. The van der Waals surface area contributed by atoms with E-state index >= 15 is 0 Å². The van der Waals surface area contributed by atoms with Gasteiger partial charge in [0.05, 0.1) is 15.9 Å². The van der Waals surface area contributed by atoms with E-state index in [-0.39, 0.29) is 10.6 Å². The predicted molar refractivity (Wildman–Crippen MR) is 93.7 cm³/mol. The average Bonchev–Trinajstić information content (AvgIpc) is 2.88. The average molecular weight is 345 g/mol. The maximum atomic E-state index is 12.4. The summed E-state index contributed by atoms with van der Waals surface area (Å²) >= 11 is 0. The Hall–Kier alpha value is -2.38. The van der Waals surface area contributed by atoms with E-state index in [4.69, 9.17) is 0 Å². The molecule has 1 heterocycles. The van der Waals surface area contributed by atoms with Crippen molar-refractivity contribution in [2.24, 2.45) is 0 Å². The summed E-state index contributed by atoms with van der Waals surface area (Å²) < 4.78 is 27.4. The Morgan fingerprint density at radius 3 is 2.50 bits per heavy atom. The Balaban J connectivity index is 1.73. The van der Waals surface area contributed by atoms with Crippen LogP contribution >= 0.6 is 0 Å². The number of aromatic amines is 2. The number of aromatic nitrogens is 2. The fourth-order valence-electron chi connectivity index (χ4n) is 2.71. The lowest BCUT2D eigenvalue weighted by Crippen LogP contribution is -2.26. The number of aryl methyl sites for hydroxylation is 2. The number of benzene rings is 2. The molecular weight excluding hydrogens is 326 g/mol. The Bertz CT molecular complexity index is 1050. The first-order chi connectivity index (χ1) is 11.3. The van der Waals surface area contributed by atoms with Gasteiger partial charge in [-0.2, -0.15) is 0 Å². The van der Waals surface area contributed by atoms with Gasteiger partial charge in [0.2, 0.25) is 10.0 Å². The van der Waals surface area contributed by atoms with Crippen molar-refractivity contribution in [3.8, 4) is 0 Å². The Morgan fingerprint density at radius 2 is 1.75 bits per heavy atom. The van der Waals surface area contributed by atoms with E-state index in [1.54, 1.807) is 6.07 Å². The third kappa shape index (κ3) is 3.42. The summed E-state index contributed by atoms with van der Waals surface area (Å²) in [6.45, 7) is 4.36. The molecule has 3 rings (SSSR count). The molecule has 24 heavy (non-hydrogen) atoms. The quantitative estimate of drug-likeness (QED) is 0.660. The van der Waals surface area contributed by atoms with Gasteiger partial charge >= 0.3 is 5.69 Å². The number of hydrogen-bond acceptors (Lipinski definition) is 3. The first-order valence-electron chi connectivity index (χ1n) is 7.63. The highest BCUT2D eigenvalue weighted by Gasteiger charge is 2.15. The largest absolute Gasteiger partial charge is 0.323 e. The van der Waals surface area contributed by atoms with Crippen LogP contribution in [0.25, 0.3) is 11.0 Å². The summed E-state index contributed by atoms with van der Waals surface area (Å²) in [5.41, 5.74) is 4.15. The number of sulfonamides is 1. The van der Waals surface area contributed by atoms with Crippen molar-refractivity contribution < 1.29 is 8.42 Å². The molecule has 3 N–H and O–H groups in total. The summed E-state index contributed by atoms with van der Waals surface area (Å²) in [6, 6.07) is 10.6. The second kappa shape index (κ2) is 6.26. The molecule has 0 atom stereocenters. The van der Waals surface area contributed by atoms with E-state index in [0.29, 0.717) is 24.0 Å². The highest BCUT2D eigenvalue weighted by atomic mass is 32.2. The van der Waals surface area contributed by atoms with E-state index in [1.165, 1.54) is 17.7 Å². The molecule has 0 saturated heterocycles. The minimum Gasteiger partial charge on any atom is -0.306 e. The van der Waals surface area contributed by atoms with Gasteiger partial charge in [-0.05, 0) is 49.6 Å². The van der Waals surface area contributed by atoms with Crippen LogP contribution < -0.4 is 10.4 Å². The van der Waals surface area contributed by atoms with E-state index in [0.717, 1.165) is 11.1 Å². The molecule has 0 saturated carbocycles. The van der Waals surface area contributed by atoms with Crippen LogP contribution in [0.3, 0.4) is 0 Å². The van der Waals surface area contributed by atoms with Crippen molar-refractivity contribution in [3.63, 3.8) is 0 Å². The second-order valence-electron chi connectivity index (χ2n) is 5.86. The first-order valence-corrected chi connectivity index (χ1v) is 9.11. The molecule has 2 aromatic carbocycles. The number of nitrogens with one attached hydrogen (secondary N) is 3. The zero-order chi connectivity index (χ0) is 17.3. The lowest BCUT2D eigenvalue weighted by Gasteiger charge is -2.09. The SMILES string of the molecule is Cc1ccc(CCNS(=O)(=O)c2ccc3[nH]c(=O)[nH]c3c2)c(C)c1. The topological polar surface area (TPSA) is 94.8 Å². The third-order valence-electron chi connectivity index (χ3n) is 3.98. The van der Waals surface area contributed by atoms with Crippen molar-refractivity contribution in [2.45, 2.75) is 25.2 Å². The monoisotopic (exact) mass is 345 g/mol. The highest BCUT2D eigenvalue weighted by Crippen LogP contribution is 2.15. The molecule has 0 bridgehead atoms. The summed E-state index contributed by atoms with van der Waals surface area (Å²) in [5.74, 6) is 0. The molecule has 1 aromatic heterocycles. The molecule has 0 aliphatic rings. The summed E-state index contributed by atoms with van der Waals surface area (Å²) in [7, 11) is -3.62. The molecule has 6 nitrogen and oxygen atoms in total. The van der Waals surface area contributed by atoms with Crippen LogP contribution in [-0.2, 0) is 16.4 Å². The van der Waals surface area contributed by atoms with Crippen molar-refractivity contribution in [1.82, 2.24) is 14.7 Å². The molecule has 7 heteroatoms. The molecule has 0 aliphatic heterocycles. The number of rotatable bonds is 5. The van der Waals surface area contributed by atoms with Crippen LogP contribution in [0.1, 0.15) is 16.7 Å². The molecule has 0 unspecified atom stereocenters. The van der Waals surface area contributed by atoms with Crippen LogP contribution in [0.5, 0.6) is 0 Å². The van der Waals surface area contributed by atoms with Gasteiger partial charge in [-0.3, -0.25) is 0 Å². The maximum absolute atomic E-state index is 12.4. The van der Waals surface area contributed by atoms with Crippen molar-refractivity contribution in [3.05, 3.63) is 63.6 Å². The van der Waals surface area contributed by atoms with E-state index in [9.17, 15) is 13.2 Å². The normalized spacial score (nSPS) is 11.9. The zero-order valence-electron chi connectivity index (χ0n) is 13.5.